The number of nitrogens with zero attached hydrogens (tertiary/aromatic N) is 2. The number of amides is 2. The summed E-state index contributed by atoms with van der Waals surface area (Å²) in [4.78, 5) is 52.2. The lowest BCUT2D eigenvalue weighted by atomic mass is 9.82. The molecule has 1 aliphatic carbocycles. The predicted molar refractivity (Wildman–Crippen MR) is 138 cm³/mol. The summed E-state index contributed by atoms with van der Waals surface area (Å²) in [7, 11) is 0. The zero-order chi connectivity index (χ0) is 26.8. The first-order valence-electron chi connectivity index (χ1n) is 11.4. The molecule has 180 valence electrons. The summed E-state index contributed by atoms with van der Waals surface area (Å²) in [6.07, 6.45) is 0. The van der Waals surface area contributed by atoms with E-state index >= 15 is 0 Å². The van der Waals surface area contributed by atoms with Gasteiger partial charge in [-0.25, -0.2) is 0 Å². The molecular weight excluding hydrogens is 480 g/mol. The summed E-state index contributed by atoms with van der Waals surface area (Å²) in [6, 6.07) is 25.7. The van der Waals surface area contributed by atoms with Gasteiger partial charge < -0.3 is 10.6 Å². The molecule has 0 saturated carbocycles. The van der Waals surface area contributed by atoms with Gasteiger partial charge in [0.2, 0.25) is 0 Å². The minimum absolute atomic E-state index is 0.00359. The number of ketones is 2. The molecule has 4 aromatic rings. The SMILES string of the molecule is N#Cc1cc2c(cc1NC(=O)c1ccccc1)C(=O)c1cc(C#N)c(NC(=O)c3ccccc3)cc1C2=O. The maximum Gasteiger partial charge on any atom is 0.255 e. The van der Waals surface area contributed by atoms with Gasteiger partial charge in [0.1, 0.15) is 12.1 Å². The van der Waals surface area contributed by atoms with Crippen LogP contribution < -0.4 is 10.6 Å². The Bertz CT molecular complexity index is 1620. The van der Waals surface area contributed by atoms with Gasteiger partial charge in [0.25, 0.3) is 11.8 Å². The van der Waals surface area contributed by atoms with Crippen molar-refractivity contribution in [3.05, 3.63) is 129 Å². The van der Waals surface area contributed by atoms with E-state index in [1.165, 1.54) is 24.3 Å². The Morgan fingerprint density at radius 1 is 0.553 bits per heavy atom. The largest absolute Gasteiger partial charge is 0.321 e. The normalized spacial score (nSPS) is 11.4. The van der Waals surface area contributed by atoms with Crippen molar-refractivity contribution in [1.82, 2.24) is 0 Å². The summed E-state index contributed by atoms with van der Waals surface area (Å²) in [6.45, 7) is 0. The minimum atomic E-state index is -0.549. The third kappa shape index (κ3) is 4.19. The molecular formula is C30H16N4O4. The monoisotopic (exact) mass is 496 g/mol. The van der Waals surface area contributed by atoms with E-state index in [-0.39, 0.29) is 44.8 Å². The molecule has 0 spiro atoms. The van der Waals surface area contributed by atoms with Gasteiger partial charge in [0.15, 0.2) is 11.6 Å². The molecule has 8 nitrogen and oxygen atoms in total. The zero-order valence-electron chi connectivity index (χ0n) is 19.6. The summed E-state index contributed by atoms with van der Waals surface area (Å²) < 4.78 is 0. The van der Waals surface area contributed by atoms with Crippen molar-refractivity contribution in [2.24, 2.45) is 0 Å². The smallest absolute Gasteiger partial charge is 0.255 e. The van der Waals surface area contributed by atoms with Crippen LogP contribution in [0.1, 0.15) is 63.7 Å². The fourth-order valence-electron chi connectivity index (χ4n) is 4.20. The Balaban J connectivity index is 1.54. The van der Waals surface area contributed by atoms with Crippen LogP contribution in [0.4, 0.5) is 11.4 Å². The molecule has 0 aliphatic heterocycles. The molecule has 5 rings (SSSR count). The number of nitrogens with one attached hydrogen (secondary N) is 2. The third-order valence-electron chi connectivity index (χ3n) is 6.10. The molecule has 0 fully saturated rings. The summed E-state index contributed by atoms with van der Waals surface area (Å²) in [5.41, 5.74) is 0.839. The van der Waals surface area contributed by atoms with Gasteiger partial charge in [0, 0.05) is 33.4 Å². The first kappa shape index (κ1) is 23.9. The molecule has 38 heavy (non-hydrogen) atoms. The van der Waals surface area contributed by atoms with Gasteiger partial charge in [-0.1, -0.05) is 36.4 Å². The van der Waals surface area contributed by atoms with Gasteiger partial charge in [-0.3, -0.25) is 19.2 Å². The van der Waals surface area contributed by atoms with Crippen LogP contribution in [0.3, 0.4) is 0 Å². The lowest BCUT2D eigenvalue weighted by molar-refractivity contribution is 0.0979. The van der Waals surface area contributed by atoms with Crippen molar-refractivity contribution in [3.8, 4) is 12.1 Å². The highest BCUT2D eigenvalue weighted by molar-refractivity contribution is 6.29. The third-order valence-corrected chi connectivity index (χ3v) is 6.10. The number of benzene rings is 4. The number of rotatable bonds is 4. The molecule has 1 aliphatic rings. The number of carbonyl (C=O) groups excluding carboxylic acids is 4. The molecule has 0 heterocycles. The van der Waals surface area contributed by atoms with Gasteiger partial charge in [0.05, 0.1) is 22.5 Å². The number of anilines is 2. The van der Waals surface area contributed by atoms with Crippen molar-refractivity contribution in [1.29, 1.82) is 10.5 Å². The van der Waals surface area contributed by atoms with E-state index < -0.39 is 23.4 Å². The molecule has 0 unspecified atom stereocenters. The number of hydrogen-bond donors (Lipinski definition) is 2. The first-order valence-corrected chi connectivity index (χ1v) is 11.4. The van der Waals surface area contributed by atoms with E-state index in [1.807, 2.05) is 12.1 Å². The van der Waals surface area contributed by atoms with Crippen LogP contribution in [0, 0.1) is 22.7 Å². The van der Waals surface area contributed by atoms with E-state index in [4.69, 9.17) is 0 Å². The number of nitriles is 2. The van der Waals surface area contributed by atoms with Gasteiger partial charge >= 0.3 is 0 Å². The van der Waals surface area contributed by atoms with Crippen LogP contribution in [0.25, 0.3) is 0 Å². The Labute approximate surface area is 216 Å². The number of fused-ring (bicyclic) bond motifs is 2. The Kier molecular flexibility index (Phi) is 6.06. The summed E-state index contributed by atoms with van der Waals surface area (Å²) in [5.74, 6) is -2.07. The number of carbonyl (C=O) groups is 4. The average molecular weight is 496 g/mol. The maximum absolute atomic E-state index is 13.4. The van der Waals surface area contributed by atoms with Crippen LogP contribution >= 0.6 is 0 Å². The molecule has 4 aromatic carbocycles. The predicted octanol–water partition coefficient (Wildman–Crippen LogP) is 4.71. The quantitative estimate of drug-likeness (QED) is 0.369. The topological polar surface area (TPSA) is 140 Å². The lowest BCUT2D eigenvalue weighted by Crippen LogP contribution is -2.23. The van der Waals surface area contributed by atoms with E-state index in [1.54, 1.807) is 60.7 Å². The van der Waals surface area contributed by atoms with Gasteiger partial charge in [-0.2, -0.15) is 10.5 Å². The maximum atomic E-state index is 13.4. The van der Waals surface area contributed by atoms with E-state index in [0.717, 1.165) is 0 Å². The Hall–Kier alpha value is -5.86. The second-order valence-corrected chi connectivity index (χ2v) is 8.41. The van der Waals surface area contributed by atoms with Crippen molar-refractivity contribution in [2.75, 3.05) is 10.6 Å². The Morgan fingerprint density at radius 2 is 0.895 bits per heavy atom. The van der Waals surface area contributed by atoms with Crippen LogP contribution in [-0.4, -0.2) is 23.4 Å². The highest BCUT2D eigenvalue weighted by atomic mass is 16.2. The van der Waals surface area contributed by atoms with Crippen molar-refractivity contribution in [2.45, 2.75) is 0 Å². The average Bonchev–Trinajstić information content (AvgIpc) is 2.96. The van der Waals surface area contributed by atoms with Crippen molar-refractivity contribution >= 4 is 34.8 Å². The second kappa shape index (κ2) is 9.65. The van der Waals surface area contributed by atoms with Gasteiger partial charge in [-0.05, 0) is 48.5 Å². The second-order valence-electron chi connectivity index (χ2n) is 8.41. The number of hydrogen-bond acceptors (Lipinski definition) is 6. The Morgan fingerprint density at radius 3 is 1.24 bits per heavy atom. The van der Waals surface area contributed by atoms with Gasteiger partial charge in [-0.15, -0.1) is 0 Å². The standard InChI is InChI=1S/C30H16N4O4/c31-15-19-11-21-23(13-25(19)33-29(37)17-7-3-1-4-8-17)27(35)22-12-20(16-32)26(14-24(22)28(21)36)34-30(38)18-9-5-2-6-10-18/h1-14H,(H,33,37)(H,34,38). The molecule has 2 amide bonds. The molecule has 0 saturated heterocycles. The molecule has 0 atom stereocenters. The highest BCUT2D eigenvalue weighted by Gasteiger charge is 2.32. The van der Waals surface area contributed by atoms with Crippen LogP contribution in [-0.2, 0) is 0 Å². The van der Waals surface area contributed by atoms with E-state index in [0.29, 0.717) is 11.1 Å². The molecule has 8 heteroatoms. The van der Waals surface area contributed by atoms with Crippen molar-refractivity contribution < 1.29 is 19.2 Å². The van der Waals surface area contributed by atoms with Crippen LogP contribution in [0.15, 0.2) is 84.9 Å². The van der Waals surface area contributed by atoms with E-state index in [9.17, 15) is 29.7 Å². The van der Waals surface area contributed by atoms with Crippen molar-refractivity contribution in [3.63, 3.8) is 0 Å². The minimum Gasteiger partial charge on any atom is -0.321 e. The highest BCUT2D eigenvalue weighted by Crippen LogP contribution is 2.34. The van der Waals surface area contributed by atoms with Crippen LogP contribution in [0.2, 0.25) is 0 Å². The summed E-state index contributed by atoms with van der Waals surface area (Å²) >= 11 is 0. The molecule has 0 radical (unpaired) electrons. The molecule has 0 bridgehead atoms. The molecule has 0 aromatic heterocycles. The summed E-state index contributed by atoms with van der Waals surface area (Å²) in [5, 5.41) is 24.6. The molecule has 2 N–H and O–H groups in total. The fourth-order valence-corrected chi connectivity index (χ4v) is 4.20. The fraction of sp³-hybridized carbons (Fsp3) is 0. The first-order chi connectivity index (χ1) is 18.4. The zero-order valence-corrected chi connectivity index (χ0v) is 19.6. The van der Waals surface area contributed by atoms with Crippen LogP contribution in [0.5, 0.6) is 0 Å². The lowest BCUT2D eigenvalue weighted by Gasteiger charge is -2.21. The van der Waals surface area contributed by atoms with E-state index in [2.05, 4.69) is 10.6 Å².